The first-order valence-electron chi connectivity index (χ1n) is 5.53. The smallest absolute Gasteiger partial charge is 0.265 e. The number of amides is 1. The van der Waals surface area contributed by atoms with E-state index in [-0.39, 0.29) is 5.91 Å². The second-order valence-electron chi connectivity index (χ2n) is 3.92. The lowest BCUT2D eigenvalue weighted by Crippen LogP contribution is -2.27. The monoisotopic (exact) mass is 249 g/mol. The number of aromatic nitrogens is 1. The Morgan fingerprint density at radius 2 is 2.35 bits per heavy atom. The van der Waals surface area contributed by atoms with E-state index in [1.807, 2.05) is 19.1 Å². The molecule has 2 N–H and O–H groups in total. The van der Waals surface area contributed by atoms with Crippen molar-refractivity contribution in [2.75, 3.05) is 19.3 Å². The number of nitrogens with zero attached hydrogens (tertiary/aromatic N) is 2. The maximum Gasteiger partial charge on any atom is 0.265 e. The third kappa shape index (κ3) is 2.10. The summed E-state index contributed by atoms with van der Waals surface area (Å²) in [6.07, 6.45) is 2.63. The molecule has 90 valence electrons. The van der Waals surface area contributed by atoms with Crippen molar-refractivity contribution in [2.45, 2.75) is 13.3 Å². The zero-order chi connectivity index (χ0) is 12.4. The van der Waals surface area contributed by atoms with Crippen LogP contribution in [0.2, 0.25) is 0 Å². The van der Waals surface area contributed by atoms with Crippen molar-refractivity contribution in [3.05, 3.63) is 23.2 Å². The lowest BCUT2D eigenvalue weighted by molar-refractivity contribution is 0.0801. The highest BCUT2D eigenvalue weighted by Gasteiger charge is 2.19. The molecule has 0 atom stereocenters. The first kappa shape index (κ1) is 11.9. The van der Waals surface area contributed by atoms with Gasteiger partial charge in [0.1, 0.15) is 10.4 Å². The van der Waals surface area contributed by atoms with Gasteiger partial charge in [-0.15, -0.1) is 11.3 Å². The molecule has 0 spiro atoms. The van der Waals surface area contributed by atoms with Gasteiger partial charge in [0.05, 0.1) is 10.4 Å². The highest BCUT2D eigenvalue weighted by atomic mass is 32.1. The number of nitrogens with two attached hydrogens (primary N) is 1. The van der Waals surface area contributed by atoms with Gasteiger partial charge in [0, 0.05) is 19.8 Å². The van der Waals surface area contributed by atoms with Crippen LogP contribution in [-0.2, 0) is 0 Å². The van der Waals surface area contributed by atoms with Crippen molar-refractivity contribution >= 4 is 33.1 Å². The summed E-state index contributed by atoms with van der Waals surface area (Å²) in [7, 11) is 1.79. The summed E-state index contributed by atoms with van der Waals surface area (Å²) < 4.78 is 0.957. The normalized spacial score (nSPS) is 10.7. The molecular weight excluding hydrogens is 234 g/mol. The fourth-order valence-electron chi connectivity index (χ4n) is 1.72. The number of hydrogen-bond acceptors (Lipinski definition) is 4. The van der Waals surface area contributed by atoms with E-state index >= 15 is 0 Å². The van der Waals surface area contributed by atoms with E-state index in [1.54, 1.807) is 18.1 Å². The number of nitrogen functional groups attached to an aromatic ring is 1. The summed E-state index contributed by atoms with van der Waals surface area (Å²) in [6, 6.07) is 3.78. The highest BCUT2D eigenvalue weighted by molar-refractivity contribution is 7.21. The molecule has 2 heterocycles. The molecule has 2 rings (SSSR count). The SMILES string of the molecule is CCCN(C)C(=O)c1sc2cccnc2c1N. The predicted molar refractivity (Wildman–Crippen MR) is 71.3 cm³/mol. The van der Waals surface area contributed by atoms with Crippen LogP contribution in [0.4, 0.5) is 5.69 Å². The molecule has 0 saturated heterocycles. The predicted octanol–water partition coefficient (Wildman–Crippen LogP) is 2.36. The van der Waals surface area contributed by atoms with Crippen LogP contribution in [0.15, 0.2) is 18.3 Å². The Balaban J connectivity index is 2.42. The number of pyridine rings is 1. The summed E-state index contributed by atoms with van der Waals surface area (Å²) in [5.41, 5.74) is 7.20. The van der Waals surface area contributed by atoms with Gasteiger partial charge in [-0.2, -0.15) is 0 Å². The van der Waals surface area contributed by atoms with Crippen molar-refractivity contribution in [1.82, 2.24) is 9.88 Å². The van der Waals surface area contributed by atoms with Gasteiger partial charge in [-0.05, 0) is 18.6 Å². The van der Waals surface area contributed by atoms with Crippen molar-refractivity contribution in [1.29, 1.82) is 0 Å². The first-order chi connectivity index (χ1) is 8.15. The summed E-state index contributed by atoms with van der Waals surface area (Å²) in [5.74, 6) is -0.0210. The van der Waals surface area contributed by atoms with Crippen molar-refractivity contribution < 1.29 is 4.79 Å². The number of rotatable bonds is 3. The van der Waals surface area contributed by atoms with Crippen LogP contribution in [0, 0.1) is 0 Å². The first-order valence-corrected chi connectivity index (χ1v) is 6.35. The van der Waals surface area contributed by atoms with Crippen molar-refractivity contribution in [3.63, 3.8) is 0 Å². The summed E-state index contributed by atoms with van der Waals surface area (Å²) in [5, 5.41) is 0. The minimum absolute atomic E-state index is 0.0210. The molecule has 0 aliphatic rings. The molecular formula is C12H15N3OS. The Hall–Kier alpha value is -1.62. The number of hydrogen-bond donors (Lipinski definition) is 1. The third-order valence-electron chi connectivity index (χ3n) is 2.58. The fourth-order valence-corrected chi connectivity index (χ4v) is 2.79. The molecule has 17 heavy (non-hydrogen) atoms. The molecule has 5 heteroatoms. The fraction of sp³-hybridized carbons (Fsp3) is 0.333. The maximum atomic E-state index is 12.2. The van der Waals surface area contributed by atoms with Gasteiger partial charge in [0.25, 0.3) is 5.91 Å². The average Bonchev–Trinajstić information content (AvgIpc) is 2.67. The van der Waals surface area contributed by atoms with Gasteiger partial charge in [-0.25, -0.2) is 0 Å². The summed E-state index contributed by atoms with van der Waals surface area (Å²) in [4.78, 5) is 18.6. The van der Waals surface area contributed by atoms with Gasteiger partial charge in [-0.1, -0.05) is 6.92 Å². The molecule has 4 nitrogen and oxygen atoms in total. The Morgan fingerprint density at radius 3 is 3.00 bits per heavy atom. The van der Waals surface area contributed by atoms with Gasteiger partial charge in [-0.3, -0.25) is 9.78 Å². The Labute approximate surface area is 104 Å². The zero-order valence-corrected chi connectivity index (χ0v) is 10.8. The van der Waals surface area contributed by atoms with Crippen LogP contribution in [0.3, 0.4) is 0 Å². The molecule has 0 fully saturated rings. The van der Waals surface area contributed by atoms with Crippen LogP contribution >= 0.6 is 11.3 Å². The second kappa shape index (κ2) is 4.71. The van der Waals surface area contributed by atoms with E-state index < -0.39 is 0 Å². The molecule has 0 saturated carbocycles. The average molecular weight is 249 g/mol. The van der Waals surface area contributed by atoms with E-state index in [1.165, 1.54) is 11.3 Å². The molecule has 0 aliphatic heterocycles. The summed E-state index contributed by atoms with van der Waals surface area (Å²) >= 11 is 1.41. The van der Waals surface area contributed by atoms with E-state index in [0.29, 0.717) is 10.6 Å². The Bertz CT molecular complexity index is 550. The number of thiophene rings is 1. The van der Waals surface area contributed by atoms with Gasteiger partial charge >= 0.3 is 0 Å². The molecule has 1 amide bonds. The van der Waals surface area contributed by atoms with Crippen molar-refractivity contribution in [3.8, 4) is 0 Å². The number of carbonyl (C=O) groups is 1. The third-order valence-corrected chi connectivity index (χ3v) is 3.73. The lowest BCUT2D eigenvalue weighted by Gasteiger charge is -2.14. The van der Waals surface area contributed by atoms with E-state index in [9.17, 15) is 4.79 Å². The Kier molecular flexibility index (Phi) is 3.28. The standard InChI is InChI=1S/C12H15N3OS/c1-3-7-15(2)12(16)11-9(13)10-8(17-11)5-4-6-14-10/h4-6H,3,7,13H2,1-2H3. The maximum absolute atomic E-state index is 12.2. The largest absolute Gasteiger partial charge is 0.396 e. The molecule has 0 aliphatic carbocycles. The zero-order valence-electron chi connectivity index (χ0n) is 9.93. The van der Waals surface area contributed by atoms with Gasteiger partial charge in [0.15, 0.2) is 0 Å². The Morgan fingerprint density at radius 1 is 1.59 bits per heavy atom. The van der Waals surface area contributed by atoms with Crippen LogP contribution < -0.4 is 5.73 Å². The minimum atomic E-state index is -0.0210. The summed E-state index contributed by atoms with van der Waals surface area (Å²) in [6.45, 7) is 2.78. The van der Waals surface area contributed by atoms with E-state index in [2.05, 4.69) is 4.98 Å². The minimum Gasteiger partial charge on any atom is -0.396 e. The van der Waals surface area contributed by atoms with Crippen molar-refractivity contribution in [2.24, 2.45) is 0 Å². The van der Waals surface area contributed by atoms with Crippen LogP contribution in [-0.4, -0.2) is 29.4 Å². The topological polar surface area (TPSA) is 59.2 Å². The van der Waals surface area contributed by atoms with Crippen LogP contribution in [0.25, 0.3) is 10.2 Å². The molecule has 0 unspecified atom stereocenters. The van der Waals surface area contributed by atoms with Gasteiger partial charge < -0.3 is 10.6 Å². The second-order valence-corrected chi connectivity index (χ2v) is 4.97. The van der Waals surface area contributed by atoms with E-state index in [4.69, 9.17) is 5.73 Å². The molecule has 0 bridgehead atoms. The quantitative estimate of drug-likeness (QED) is 0.908. The molecule has 2 aromatic heterocycles. The molecule has 0 aromatic carbocycles. The van der Waals surface area contributed by atoms with Crippen LogP contribution in [0.5, 0.6) is 0 Å². The lowest BCUT2D eigenvalue weighted by atomic mass is 10.3. The van der Waals surface area contributed by atoms with E-state index in [0.717, 1.165) is 23.2 Å². The molecule has 2 aromatic rings. The van der Waals surface area contributed by atoms with Crippen LogP contribution in [0.1, 0.15) is 23.0 Å². The molecule has 0 radical (unpaired) electrons. The highest BCUT2D eigenvalue weighted by Crippen LogP contribution is 2.32. The number of fused-ring (bicyclic) bond motifs is 1. The number of carbonyl (C=O) groups excluding carboxylic acids is 1. The van der Waals surface area contributed by atoms with Gasteiger partial charge in [0.2, 0.25) is 0 Å². The number of anilines is 1.